The average Bonchev–Trinajstić information content (AvgIpc) is 2.80. The molecule has 0 amide bonds. The Kier molecular flexibility index (Phi) is 15.4. The van der Waals surface area contributed by atoms with Crippen LogP contribution < -0.4 is 0 Å². The highest BCUT2D eigenvalue weighted by Crippen LogP contribution is 2.23. The molecule has 0 bridgehead atoms. The maximum absolute atomic E-state index is 6.48. The SMILES string of the molecule is CCOC(N1CC(COCCCCOCC2CN(C(OCC)[Si](C)C)C[Si](C)(C)O2)O[Si](C)(C)C1)[Si](C)C. The van der Waals surface area contributed by atoms with Gasteiger partial charge >= 0.3 is 0 Å². The zero-order valence-corrected chi connectivity index (χ0v) is 30.1. The van der Waals surface area contributed by atoms with E-state index in [2.05, 4.69) is 76.0 Å². The summed E-state index contributed by atoms with van der Waals surface area (Å²) < 4.78 is 37.4. The van der Waals surface area contributed by atoms with Crippen molar-refractivity contribution in [3.8, 4) is 0 Å². The van der Waals surface area contributed by atoms with Crippen molar-refractivity contribution in [2.24, 2.45) is 0 Å². The molecule has 8 nitrogen and oxygen atoms in total. The van der Waals surface area contributed by atoms with Crippen LogP contribution in [0.2, 0.25) is 52.4 Å². The van der Waals surface area contributed by atoms with E-state index in [0.29, 0.717) is 13.2 Å². The molecule has 2 fully saturated rings. The maximum atomic E-state index is 6.48. The Morgan fingerprint density at radius 2 is 1.08 bits per heavy atom. The zero-order chi connectivity index (χ0) is 28.3. The monoisotopic (exact) mass is 606 g/mol. The first-order valence-corrected chi connectivity index (χ1v) is 26.1. The predicted octanol–water partition coefficient (Wildman–Crippen LogP) is 4.00. The molecule has 12 heteroatoms. The van der Waals surface area contributed by atoms with Gasteiger partial charge in [-0.15, -0.1) is 0 Å². The molecule has 0 spiro atoms. The van der Waals surface area contributed by atoms with Crippen LogP contribution in [0.5, 0.6) is 0 Å². The predicted molar refractivity (Wildman–Crippen MR) is 165 cm³/mol. The normalized spacial score (nSPS) is 26.2. The van der Waals surface area contributed by atoms with Crippen LogP contribution in [0.3, 0.4) is 0 Å². The molecule has 2 aliphatic rings. The van der Waals surface area contributed by atoms with Gasteiger partial charge in [0.25, 0.3) is 0 Å². The summed E-state index contributed by atoms with van der Waals surface area (Å²) in [5.41, 5.74) is 0. The van der Waals surface area contributed by atoms with Crippen LogP contribution in [0.25, 0.3) is 0 Å². The van der Waals surface area contributed by atoms with Crippen molar-refractivity contribution in [3.05, 3.63) is 0 Å². The molecule has 2 saturated heterocycles. The standard InChI is InChI=1S/C26H58N2O6Si4/c1-11-31-25(35(3)4)27-17-23(33-37(7,8)21-27)19-29-15-13-14-16-30-20-24-18-28(22-38(9,10)34-24)26(32-12-2)36(5)6/h23-26H,11-22H2,1-10H3. The summed E-state index contributed by atoms with van der Waals surface area (Å²) in [6, 6.07) is 0. The average molecular weight is 607 g/mol. The third-order valence-electron chi connectivity index (χ3n) is 6.75. The molecule has 4 atom stereocenters. The molecule has 0 aromatic rings. The van der Waals surface area contributed by atoms with Crippen molar-refractivity contribution < 1.29 is 27.8 Å². The first kappa shape index (κ1) is 34.7. The molecule has 38 heavy (non-hydrogen) atoms. The molecule has 0 saturated carbocycles. The highest BCUT2D eigenvalue weighted by Gasteiger charge is 2.40. The fourth-order valence-corrected chi connectivity index (χ4v) is 13.6. The Hall–Kier alpha value is 0.548. The Bertz CT molecular complexity index is 607. The topological polar surface area (TPSA) is 61.9 Å². The van der Waals surface area contributed by atoms with Crippen LogP contribution in [-0.4, -0.2) is 133 Å². The van der Waals surface area contributed by atoms with E-state index in [1.165, 1.54) is 0 Å². The third-order valence-corrected chi connectivity index (χ3v) is 14.1. The molecule has 2 heterocycles. The molecule has 2 aliphatic heterocycles. The summed E-state index contributed by atoms with van der Waals surface area (Å²) in [7, 11) is -4.64. The minimum absolute atomic E-state index is 0.137. The van der Waals surface area contributed by atoms with Crippen LogP contribution in [0.4, 0.5) is 0 Å². The van der Waals surface area contributed by atoms with Gasteiger partial charge in [-0.3, -0.25) is 9.80 Å². The quantitative estimate of drug-likeness (QED) is 0.182. The second-order valence-corrected chi connectivity index (χ2v) is 25.9. The lowest BCUT2D eigenvalue weighted by Crippen LogP contribution is -2.62. The summed E-state index contributed by atoms with van der Waals surface area (Å²) in [4.78, 5) is 5.07. The van der Waals surface area contributed by atoms with Crippen LogP contribution in [0.1, 0.15) is 26.7 Å². The smallest absolute Gasteiger partial charge is 0.201 e. The summed E-state index contributed by atoms with van der Waals surface area (Å²) in [5.74, 6) is 0.511. The van der Waals surface area contributed by atoms with Crippen molar-refractivity contribution in [2.45, 2.75) is 103 Å². The fraction of sp³-hybridized carbons (Fsp3) is 1.00. The largest absolute Gasteiger partial charge is 0.410 e. The zero-order valence-electron chi connectivity index (χ0n) is 26.1. The van der Waals surface area contributed by atoms with E-state index < -0.39 is 34.2 Å². The van der Waals surface area contributed by atoms with Crippen molar-refractivity contribution in [1.29, 1.82) is 0 Å². The number of unbranched alkanes of at least 4 members (excludes halogenated alkanes) is 1. The summed E-state index contributed by atoms with van der Waals surface area (Å²) in [6.45, 7) is 28.9. The lowest BCUT2D eigenvalue weighted by atomic mass is 10.3. The molecule has 2 rings (SSSR count). The van der Waals surface area contributed by atoms with Crippen LogP contribution in [0, 0.1) is 0 Å². The van der Waals surface area contributed by atoms with E-state index in [9.17, 15) is 0 Å². The van der Waals surface area contributed by atoms with Crippen LogP contribution >= 0.6 is 0 Å². The van der Waals surface area contributed by atoms with Gasteiger partial charge in [0.1, 0.15) is 0 Å². The number of nitrogens with zero attached hydrogens (tertiary/aromatic N) is 2. The number of hydrogen-bond acceptors (Lipinski definition) is 8. The van der Waals surface area contributed by atoms with E-state index in [1.807, 2.05) is 0 Å². The summed E-state index contributed by atoms with van der Waals surface area (Å²) >= 11 is 0. The highest BCUT2D eigenvalue weighted by molar-refractivity contribution is 6.72. The molecule has 0 aliphatic carbocycles. The second kappa shape index (κ2) is 16.9. The number of rotatable bonds is 17. The van der Waals surface area contributed by atoms with Crippen molar-refractivity contribution in [2.75, 3.05) is 65.1 Å². The molecule has 224 valence electrons. The Morgan fingerprint density at radius 3 is 1.39 bits per heavy atom. The van der Waals surface area contributed by atoms with Gasteiger partial charge in [-0.2, -0.15) is 0 Å². The van der Waals surface area contributed by atoms with Crippen molar-refractivity contribution in [3.63, 3.8) is 0 Å². The molecular formula is C26H58N2O6Si4. The minimum Gasteiger partial charge on any atom is -0.410 e. The van der Waals surface area contributed by atoms with Gasteiger partial charge in [0.2, 0.25) is 16.6 Å². The van der Waals surface area contributed by atoms with Gasteiger partial charge in [-0.05, 0) is 52.9 Å². The lowest BCUT2D eigenvalue weighted by Gasteiger charge is -2.45. The van der Waals surface area contributed by atoms with Gasteiger partial charge in [0.05, 0.1) is 54.7 Å². The molecule has 2 radical (unpaired) electrons. The van der Waals surface area contributed by atoms with E-state index >= 15 is 0 Å². The van der Waals surface area contributed by atoms with Crippen LogP contribution in [0.15, 0.2) is 0 Å². The van der Waals surface area contributed by atoms with Gasteiger partial charge in [-0.25, -0.2) is 0 Å². The highest BCUT2D eigenvalue weighted by atomic mass is 28.4. The van der Waals surface area contributed by atoms with Crippen LogP contribution in [-0.2, 0) is 27.8 Å². The Balaban J connectivity index is 1.67. The van der Waals surface area contributed by atoms with Gasteiger partial charge in [-0.1, -0.05) is 26.2 Å². The van der Waals surface area contributed by atoms with Crippen molar-refractivity contribution >= 4 is 34.2 Å². The van der Waals surface area contributed by atoms with Gasteiger partial charge in [0.15, 0.2) is 0 Å². The molecule has 4 unspecified atom stereocenters. The fourth-order valence-electron chi connectivity index (χ4n) is 5.64. The van der Waals surface area contributed by atoms with E-state index in [4.69, 9.17) is 27.8 Å². The van der Waals surface area contributed by atoms with Gasteiger partial charge < -0.3 is 27.8 Å². The Labute approximate surface area is 239 Å². The van der Waals surface area contributed by atoms with E-state index in [1.54, 1.807) is 0 Å². The minimum atomic E-state index is -1.75. The summed E-state index contributed by atoms with van der Waals surface area (Å²) in [6.07, 6.45) is 4.34. The maximum Gasteiger partial charge on any atom is 0.201 e. The van der Waals surface area contributed by atoms with Crippen molar-refractivity contribution in [1.82, 2.24) is 9.80 Å². The Morgan fingerprint density at radius 1 is 0.711 bits per heavy atom. The van der Waals surface area contributed by atoms with Gasteiger partial charge in [0, 0.05) is 51.9 Å². The molecule has 0 N–H and O–H groups in total. The molecule has 0 aromatic heterocycles. The molecule has 0 aromatic carbocycles. The first-order valence-electron chi connectivity index (χ1n) is 14.7. The molecular weight excluding hydrogens is 549 g/mol. The van der Waals surface area contributed by atoms with E-state index in [-0.39, 0.29) is 23.9 Å². The summed E-state index contributed by atoms with van der Waals surface area (Å²) in [5, 5.41) is 0. The lowest BCUT2D eigenvalue weighted by molar-refractivity contribution is -0.0529. The second-order valence-electron chi connectivity index (χ2n) is 12.5. The van der Waals surface area contributed by atoms with E-state index in [0.717, 1.165) is 64.7 Å². The first-order chi connectivity index (χ1) is 17.9. The number of hydrogen-bond donors (Lipinski definition) is 0. The number of ether oxygens (including phenoxy) is 4. The third kappa shape index (κ3) is 12.2.